The third-order valence-corrected chi connectivity index (χ3v) is 6.23. The van der Waals surface area contributed by atoms with E-state index in [-0.39, 0.29) is 18.2 Å². The molecule has 8 nitrogen and oxygen atoms in total. The second-order valence-electron chi connectivity index (χ2n) is 8.22. The Labute approximate surface area is 185 Å². The molecule has 31 heavy (non-hydrogen) atoms. The maximum Gasteiger partial charge on any atom is 0.237 e. The molecular weight excluding hydrogens is 396 g/mol. The molecule has 8 heteroatoms. The quantitative estimate of drug-likeness (QED) is 0.602. The average molecular weight is 433 g/mol. The fourth-order valence-corrected chi connectivity index (χ4v) is 4.39. The van der Waals surface area contributed by atoms with Crippen molar-refractivity contribution >= 4 is 11.8 Å². The van der Waals surface area contributed by atoms with Gasteiger partial charge in [-0.05, 0) is 50.6 Å². The minimum atomic E-state index is -0.473. The summed E-state index contributed by atoms with van der Waals surface area (Å²) in [7, 11) is 3.24. The molecule has 1 unspecified atom stereocenters. The van der Waals surface area contributed by atoms with Crippen LogP contribution in [0.2, 0.25) is 0 Å². The molecule has 172 valence electrons. The summed E-state index contributed by atoms with van der Waals surface area (Å²) < 4.78 is 10.7. The minimum absolute atomic E-state index is 0.0389. The first-order valence-corrected chi connectivity index (χ1v) is 11.3. The lowest BCUT2D eigenvalue weighted by molar-refractivity contribution is -0.139. The predicted octanol–water partition coefficient (Wildman–Crippen LogP) is 1.34. The number of rotatable bonds is 10. The highest BCUT2D eigenvalue weighted by Crippen LogP contribution is 2.25. The maximum atomic E-state index is 13.1. The molecule has 2 amide bonds. The van der Waals surface area contributed by atoms with Gasteiger partial charge in [0.05, 0.1) is 26.7 Å². The van der Waals surface area contributed by atoms with E-state index in [2.05, 4.69) is 15.1 Å². The van der Waals surface area contributed by atoms with Gasteiger partial charge in [-0.1, -0.05) is 0 Å². The van der Waals surface area contributed by atoms with E-state index >= 15 is 0 Å². The molecule has 1 N–H and O–H groups in total. The van der Waals surface area contributed by atoms with Crippen molar-refractivity contribution < 1.29 is 19.1 Å². The number of benzene rings is 1. The highest BCUT2D eigenvalue weighted by Gasteiger charge is 2.33. The van der Waals surface area contributed by atoms with Crippen LogP contribution in [0, 0.1) is 0 Å². The average Bonchev–Trinajstić information content (AvgIpc) is 3.30. The molecule has 2 heterocycles. The number of carbonyl (C=O) groups is 2. The summed E-state index contributed by atoms with van der Waals surface area (Å²) in [6, 6.07) is 5.25. The number of likely N-dealkylation sites (N-methyl/N-ethyl adjacent to an activating group) is 1. The lowest BCUT2D eigenvalue weighted by Crippen LogP contribution is -2.56. The number of amides is 2. The van der Waals surface area contributed by atoms with E-state index < -0.39 is 6.04 Å². The molecule has 1 atom stereocenters. The van der Waals surface area contributed by atoms with E-state index in [0.29, 0.717) is 37.7 Å². The Morgan fingerprint density at radius 1 is 1.13 bits per heavy atom. The van der Waals surface area contributed by atoms with Crippen LogP contribution in [0.1, 0.15) is 31.7 Å². The number of methoxy groups -OCH3 is 2. The van der Waals surface area contributed by atoms with Crippen LogP contribution in [0.4, 0.5) is 0 Å². The van der Waals surface area contributed by atoms with Crippen LogP contribution in [-0.2, 0) is 16.1 Å². The third-order valence-electron chi connectivity index (χ3n) is 6.23. The molecule has 1 aromatic carbocycles. The van der Waals surface area contributed by atoms with Gasteiger partial charge < -0.3 is 24.6 Å². The number of likely N-dealkylation sites (tertiary alicyclic amines) is 1. The highest BCUT2D eigenvalue weighted by atomic mass is 16.5. The summed E-state index contributed by atoms with van der Waals surface area (Å²) in [6.07, 6.45) is 2.68. The summed E-state index contributed by atoms with van der Waals surface area (Å²) in [4.78, 5) is 32.1. The van der Waals surface area contributed by atoms with Gasteiger partial charge in [0.25, 0.3) is 0 Å². The summed E-state index contributed by atoms with van der Waals surface area (Å²) in [5.41, 5.74) is 0.990. The Morgan fingerprint density at radius 2 is 1.81 bits per heavy atom. The summed E-state index contributed by atoms with van der Waals surface area (Å²) in [5.74, 6) is 1.38. The molecule has 2 fully saturated rings. The Balaban J connectivity index is 1.65. The second kappa shape index (κ2) is 11.3. The van der Waals surface area contributed by atoms with Crippen LogP contribution in [-0.4, -0.2) is 92.6 Å². The van der Waals surface area contributed by atoms with Crippen molar-refractivity contribution in [3.63, 3.8) is 0 Å². The van der Waals surface area contributed by atoms with Gasteiger partial charge in [0, 0.05) is 45.3 Å². The Morgan fingerprint density at radius 3 is 2.42 bits per heavy atom. The van der Waals surface area contributed by atoms with Gasteiger partial charge >= 0.3 is 0 Å². The molecule has 0 aliphatic carbocycles. The van der Waals surface area contributed by atoms with E-state index in [0.717, 1.165) is 31.7 Å². The first-order chi connectivity index (χ1) is 15.0. The molecule has 2 saturated heterocycles. The first-order valence-electron chi connectivity index (χ1n) is 11.3. The number of hydrogen-bond donors (Lipinski definition) is 1. The maximum absolute atomic E-state index is 13.1. The van der Waals surface area contributed by atoms with Crippen LogP contribution in [0.3, 0.4) is 0 Å². The molecular formula is C23H36N4O4. The smallest absolute Gasteiger partial charge is 0.237 e. The van der Waals surface area contributed by atoms with Crippen molar-refractivity contribution in [2.45, 2.75) is 38.8 Å². The summed E-state index contributed by atoms with van der Waals surface area (Å²) >= 11 is 0. The highest BCUT2D eigenvalue weighted by molar-refractivity contribution is 5.88. The number of piperazine rings is 1. The summed E-state index contributed by atoms with van der Waals surface area (Å²) in [5, 5.41) is 2.92. The van der Waals surface area contributed by atoms with E-state index in [1.807, 2.05) is 30.0 Å². The standard InChI is InChI=1S/C23H36N4O4/c1-4-26(12-11-25-8-5-6-9-25)22(28)16-21-23(29)24-7-10-27(21)17-18-13-19(30-2)15-20(14-18)31-3/h13-15,21H,4-12,16-17H2,1-3H3,(H,24,29). The molecule has 0 aromatic heterocycles. The van der Waals surface area contributed by atoms with Crippen molar-refractivity contribution in [3.05, 3.63) is 23.8 Å². The van der Waals surface area contributed by atoms with E-state index in [4.69, 9.17) is 9.47 Å². The molecule has 0 radical (unpaired) electrons. The van der Waals surface area contributed by atoms with Crippen LogP contribution >= 0.6 is 0 Å². The zero-order chi connectivity index (χ0) is 22.2. The number of carbonyl (C=O) groups excluding carboxylic acids is 2. The number of nitrogens with one attached hydrogen (secondary N) is 1. The molecule has 0 saturated carbocycles. The van der Waals surface area contributed by atoms with E-state index in [1.54, 1.807) is 14.2 Å². The molecule has 1 aromatic rings. The zero-order valence-electron chi connectivity index (χ0n) is 19.1. The number of nitrogens with zero attached hydrogens (tertiary/aromatic N) is 3. The predicted molar refractivity (Wildman–Crippen MR) is 119 cm³/mol. The number of ether oxygens (including phenoxy) is 2. The molecule has 2 aliphatic rings. The van der Waals surface area contributed by atoms with Gasteiger partial charge in [0.1, 0.15) is 11.5 Å². The van der Waals surface area contributed by atoms with Gasteiger partial charge in [-0.15, -0.1) is 0 Å². The van der Waals surface area contributed by atoms with Crippen LogP contribution < -0.4 is 14.8 Å². The fourth-order valence-electron chi connectivity index (χ4n) is 4.39. The lowest BCUT2D eigenvalue weighted by Gasteiger charge is -2.36. The third kappa shape index (κ3) is 6.33. The molecule has 3 rings (SSSR count). The minimum Gasteiger partial charge on any atom is -0.497 e. The largest absolute Gasteiger partial charge is 0.497 e. The van der Waals surface area contributed by atoms with Crippen molar-refractivity contribution in [2.24, 2.45) is 0 Å². The topological polar surface area (TPSA) is 74.4 Å². The normalized spacial score (nSPS) is 19.8. The van der Waals surface area contributed by atoms with E-state index in [1.165, 1.54) is 12.8 Å². The van der Waals surface area contributed by atoms with Gasteiger partial charge in [0.2, 0.25) is 11.8 Å². The number of hydrogen-bond acceptors (Lipinski definition) is 6. The Kier molecular flexibility index (Phi) is 8.54. The van der Waals surface area contributed by atoms with Gasteiger partial charge in [0.15, 0.2) is 0 Å². The van der Waals surface area contributed by atoms with Gasteiger partial charge in [-0.2, -0.15) is 0 Å². The van der Waals surface area contributed by atoms with Crippen LogP contribution in [0.15, 0.2) is 18.2 Å². The zero-order valence-corrected chi connectivity index (χ0v) is 19.1. The van der Waals surface area contributed by atoms with Gasteiger partial charge in [-0.25, -0.2) is 0 Å². The Bertz CT molecular complexity index is 729. The van der Waals surface area contributed by atoms with Crippen molar-refractivity contribution in [3.8, 4) is 11.5 Å². The Hall–Kier alpha value is -2.32. The fraction of sp³-hybridized carbons (Fsp3) is 0.652. The summed E-state index contributed by atoms with van der Waals surface area (Å²) in [6.45, 7) is 8.36. The van der Waals surface area contributed by atoms with Crippen LogP contribution in [0.25, 0.3) is 0 Å². The van der Waals surface area contributed by atoms with Crippen molar-refractivity contribution in [1.82, 2.24) is 20.0 Å². The van der Waals surface area contributed by atoms with Crippen LogP contribution in [0.5, 0.6) is 11.5 Å². The second-order valence-corrected chi connectivity index (χ2v) is 8.22. The van der Waals surface area contributed by atoms with Crippen molar-refractivity contribution in [2.75, 3.05) is 60.0 Å². The first kappa shape index (κ1) is 23.3. The van der Waals surface area contributed by atoms with E-state index in [9.17, 15) is 9.59 Å². The van der Waals surface area contributed by atoms with Crippen molar-refractivity contribution in [1.29, 1.82) is 0 Å². The SMILES string of the molecule is CCN(CCN1CCCC1)C(=O)CC1C(=O)NCCN1Cc1cc(OC)cc(OC)c1. The monoisotopic (exact) mass is 432 g/mol. The lowest BCUT2D eigenvalue weighted by atomic mass is 10.1. The molecule has 2 aliphatic heterocycles. The molecule has 0 bridgehead atoms. The van der Waals surface area contributed by atoms with Gasteiger partial charge in [-0.3, -0.25) is 14.5 Å². The molecule has 0 spiro atoms.